The summed E-state index contributed by atoms with van der Waals surface area (Å²) in [6.45, 7) is 12.2. The fourth-order valence-electron chi connectivity index (χ4n) is 4.21. The monoisotopic (exact) mass is 576 g/mol. The zero-order valence-electron chi connectivity index (χ0n) is 23.8. The summed E-state index contributed by atoms with van der Waals surface area (Å²) >= 11 is 1.49. The van der Waals surface area contributed by atoms with Crippen LogP contribution in [0.5, 0.6) is 0 Å². The van der Waals surface area contributed by atoms with Gasteiger partial charge in [-0.25, -0.2) is 13.4 Å². The molecule has 0 aliphatic rings. The van der Waals surface area contributed by atoms with Crippen molar-refractivity contribution in [1.29, 1.82) is 0 Å². The lowest BCUT2D eigenvalue weighted by Gasteiger charge is -2.25. The van der Waals surface area contributed by atoms with Crippen LogP contribution in [0.15, 0.2) is 41.3 Å². The van der Waals surface area contributed by atoms with E-state index in [4.69, 9.17) is 14.5 Å². The van der Waals surface area contributed by atoms with Crippen LogP contribution in [0.2, 0.25) is 0 Å². The normalized spacial score (nSPS) is 12.1. The van der Waals surface area contributed by atoms with E-state index in [-0.39, 0.29) is 37.1 Å². The van der Waals surface area contributed by atoms with Crippen molar-refractivity contribution in [2.24, 2.45) is 0 Å². The van der Waals surface area contributed by atoms with Crippen molar-refractivity contribution in [3.8, 4) is 0 Å². The molecule has 0 spiro atoms. The van der Waals surface area contributed by atoms with Crippen LogP contribution in [0.3, 0.4) is 0 Å². The molecule has 39 heavy (non-hydrogen) atoms. The molecule has 0 saturated heterocycles. The van der Waals surface area contributed by atoms with Gasteiger partial charge >= 0.3 is 0 Å². The summed E-state index contributed by atoms with van der Waals surface area (Å²) in [7, 11) is -0.725. The van der Waals surface area contributed by atoms with Crippen molar-refractivity contribution in [3.63, 3.8) is 0 Å². The van der Waals surface area contributed by atoms with Crippen LogP contribution < -0.4 is 4.90 Å². The van der Waals surface area contributed by atoms with Gasteiger partial charge in [-0.2, -0.15) is 4.31 Å². The van der Waals surface area contributed by atoms with E-state index in [1.165, 1.54) is 42.0 Å². The van der Waals surface area contributed by atoms with E-state index >= 15 is 0 Å². The highest BCUT2D eigenvalue weighted by molar-refractivity contribution is 7.89. The lowest BCUT2D eigenvalue weighted by Crippen LogP contribution is -2.39. The number of hydrogen-bond donors (Lipinski definition) is 0. The van der Waals surface area contributed by atoms with E-state index in [1.807, 2.05) is 13.0 Å². The number of aromatic nitrogens is 1. The number of carbonyl (C=O) groups excluding carboxylic acids is 1. The smallest absolute Gasteiger partial charge is 0.260 e. The number of amides is 1. The first-order valence-electron chi connectivity index (χ1n) is 13.2. The van der Waals surface area contributed by atoms with Gasteiger partial charge in [-0.05, 0) is 68.4 Å². The number of nitrogens with zero attached hydrogens (tertiary/aromatic N) is 4. The molecule has 0 N–H and O–H groups in total. The third-order valence-electron chi connectivity index (χ3n) is 6.91. The number of benzene rings is 2. The van der Waals surface area contributed by atoms with Crippen molar-refractivity contribution in [3.05, 3.63) is 53.1 Å². The topological polar surface area (TPSA) is 92.3 Å². The average Bonchev–Trinajstić information content (AvgIpc) is 3.37. The summed E-state index contributed by atoms with van der Waals surface area (Å²) in [4.78, 5) is 22.8. The van der Waals surface area contributed by atoms with E-state index in [0.29, 0.717) is 23.8 Å². The van der Waals surface area contributed by atoms with Crippen LogP contribution >= 0.6 is 11.3 Å². The molecule has 0 aliphatic heterocycles. The predicted octanol–water partition coefficient (Wildman–Crippen LogP) is 4.19. The third-order valence-corrected chi connectivity index (χ3v) is 9.87. The van der Waals surface area contributed by atoms with Gasteiger partial charge in [-0.1, -0.05) is 31.3 Å². The summed E-state index contributed by atoms with van der Waals surface area (Å²) in [6.07, 6.45) is 0. The number of rotatable bonds is 15. The van der Waals surface area contributed by atoms with E-state index in [0.717, 1.165) is 34.4 Å². The fraction of sp³-hybridized carbons (Fsp3) is 0.500. The second kappa shape index (κ2) is 14.3. The minimum atomic E-state index is -3.78. The summed E-state index contributed by atoms with van der Waals surface area (Å²) in [5, 5.41) is 0.637. The standard InChI is InChI=1S/C28H40N4O5S2/c1-7-30(8-2)15-16-32(28-29-26-22(4)21(3)9-14-25(26)38-28)27(33)23-10-12-24(13-11-23)39(34,35)31(17-19-36-5)18-20-37-6/h9-14H,7-8,15-20H2,1-6H3. The number of ether oxygens (including phenoxy) is 2. The predicted molar refractivity (Wildman–Crippen MR) is 158 cm³/mol. The Morgan fingerprint density at radius 1 is 0.897 bits per heavy atom. The first-order valence-corrected chi connectivity index (χ1v) is 15.4. The summed E-state index contributed by atoms with van der Waals surface area (Å²) < 4.78 is 39.1. The quantitative estimate of drug-likeness (QED) is 0.268. The van der Waals surface area contributed by atoms with E-state index in [2.05, 4.69) is 31.7 Å². The summed E-state index contributed by atoms with van der Waals surface area (Å²) in [5.74, 6) is -0.213. The molecular formula is C28H40N4O5S2. The maximum atomic E-state index is 13.8. The van der Waals surface area contributed by atoms with Crippen LogP contribution in [0, 0.1) is 13.8 Å². The van der Waals surface area contributed by atoms with Crippen LogP contribution in [-0.4, -0.2) is 95.2 Å². The van der Waals surface area contributed by atoms with Gasteiger partial charge < -0.3 is 14.4 Å². The molecule has 0 fully saturated rings. The van der Waals surface area contributed by atoms with Gasteiger partial charge in [0.15, 0.2) is 5.13 Å². The highest BCUT2D eigenvalue weighted by Gasteiger charge is 2.26. The average molecular weight is 577 g/mol. The number of aryl methyl sites for hydroxylation is 2. The Balaban J connectivity index is 1.93. The molecule has 11 heteroatoms. The van der Waals surface area contributed by atoms with Crippen molar-refractivity contribution in [2.45, 2.75) is 32.6 Å². The molecular weight excluding hydrogens is 536 g/mol. The SMILES string of the molecule is CCN(CC)CCN(C(=O)c1ccc(S(=O)(=O)N(CCOC)CCOC)cc1)c1nc2c(C)c(C)ccc2s1. The zero-order valence-corrected chi connectivity index (χ0v) is 25.4. The number of anilines is 1. The van der Waals surface area contributed by atoms with Gasteiger partial charge in [0.2, 0.25) is 10.0 Å². The molecule has 0 bridgehead atoms. The molecule has 0 saturated carbocycles. The maximum absolute atomic E-state index is 13.8. The largest absolute Gasteiger partial charge is 0.383 e. The maximum Gasteiger partial charge on any atom is 0.260 e. The van der Waals surface area contributed by atoms with Crippen LogP contribution in [0.25, 0.3) is 10.2 Å². The van der Waals surface area contributed by atoms with Gasteiger partial charge in [0.1, 0.15) is 0 Å². The Morgan fingerprint density at radius 2 is 1.51 bits per heavy atom. The van der Waals surface area contributed by atoms with Crippen LogP contribution in [-0.2, 0) is 19.5 Å². The van der Waals surface area contributed by atoms with E-state index in [9.17, 15) is 13.2 Å². The number of carbonyl (C=O) groups is 1. The molecule has 1 amide bonds. The number of sulfonamides is 1. The first kappa shape index (κ1) is 31.1. The van der Waals surface area contributed by atoms with Gasteiger partial charge in [0.25, 0.3) is 5.91 Å². The number of methoxy groups -OCH3 is 2. The van der Waals surface area contributed by atoms with Crippen LogP contribution in [0.4, 0.5) is 5.13 Å². The van der Waals surface area contributed by atoms with Gasteiger partial charge in [0.05, 0.1) is 28.3 Å². The zero-order chi connectivity index (χ0) is 28.6. The Hall–Kier alpha value is -2.41. The third kappa shape index (κ3) is 7.41. The molecule has 214 valence electrons. The highest BCUT2D eigenvalue weighted by atomic mass is 32.2. The van der Waals surface area contributed by atoms with Crippen molar-refractivity contribution < 1.29 is 22.7 Å². The number of hydrogen-bond acceptors (Lipinski definition) is 8. The highest BCUT2D eigenvalue weighted by Crippen LogP contribution is 2.32. The summed E-state index contributed by atoms with van der Waals surface area (Å²) in [5.41, 5.74) is 3.57. The number of fused-ring (bicyclic) bond motifs is 1. The molecule has 9 nitrogen and oxygen atoms in total. The fourth-order valence-corrected chi connectivity index (χ4v) is 6.67. The Kier molecular flexibility index (Phi) is 11.4. The lowest BCUT2D eigenvalue weighted by atomic mass is 10.1. The second-order valence-corrected chi connectivity index (χ2v) is 12.2. The summed E-state index contributed by atoms with van der Waals surface area (Å²) in [6, 6.07) is 10.3. The molecule has 0 unspecified atom stereocenters. The first-order chi connectivity index (χ1) is 18.7. The second-order valence-electron chi connectivity index (χ2n) is 9.25. The lowest BCUT2D eigenvalue weighted by molar-refractivity contribution is 0.0983. The van der Waals surface area contributed by atoms with Crippen LogP contribution in [0.1, 0.15) is 35.3 Å². The molecule has 3 aromatic rings. The minimum absolute atomic E-state index is 0.118. The molecule has 1 heterocycles. The number of likely N-dealkylation sites (N-methyl/N-ethyl adjacent to an activating group) is 1. The molecule has 2 aromatic carbocycles. The van der Waals surface area contributed by atoms with Gasteiger partial charge in [-0.3, -0.25) is 9.69 Å². The molecule has 1 aromatic heterocycles. The molecule has 0 radical (unpaired) electrons. The van der Waals surface area contributed by atoms with Gasteiger partial charge in [-0.15, -0.1) is 0 Å². The van der Waals surface area contributed by atoms with Crippen molar-refractivity contribution >= 4 is 42.6 Å². The number of thiazole rings is 1. The molecule has 0 atom stereocenters. The molecule has 3 rings (SSSR count). The van der Waals surface area contributed by atoms with Crippen molar-refractivity contribution in [1.82, 2.24) is 14.2 Å². The Labute approximate surface area is 236 Å². The minimum Gasteiger partial charge on any atom is -0.383 e. The van der Waals surface area contributed by atoms with Gasteiger partial charge in [0, 0.05) is 46.0 Å². The Morgan fingerprint density at radius 3 is 2.08 bits per heavy atom. The van der Waals surface area contributed by atoms with E-state index < -0.39 is 10.0 Å². The molecule has 0 aliphatic carbocycles. The Bertz CT molecular complexity index is 1330. The van der Waals surface area contributed by atoms with Crippen molar-refractivity contribution in [2.75, 3.05) is 71.6 Å². The van der Waals surface area contributed by atoms with E-state index in [1.54, 1.807) is 17.0 Å².